The quantitative estimate of drug-likeness (QED) is 0.652. The van der Waals surface area contributed by atoms with Crippen molar-refractivity contribution in [2.24, 2.45) is 0 Å². The van der Waals surface area contributed by atoms with Crippen LogP contribution in [0.2, 0.25) is 0 Å². The number of aromatic nitrogens is 1. The molecule has 0 amide bonds. The van der Waals surface area contributed by atoms with Gasteiger partial charge in [-0.1, -0.05) is 0 Å². The Kier molecular flexibility index (Phi) is 4.43. The average molecular weight is 278 g/mol. The number of hydrogen-bond donors (Lipinski definition) is 1. The van der Waals surface area contributed by atoms with E-state index in [-0.39, 0.29) is 18.8 Å². The lowest BCUT2D eigenvalue weighted by atomic mass is 10.1. The molecule has 4 nitrogen and oxygen atoms in total. The first-order valence-corrected chi connectivity index (χ1v) is 6.02. The minimum atomic E-state index is -2.53. The van der Waals surface area contributed by atoms with Gasteiger partial charge in [0.1, 0.15) is 6.61 Å². The van der Waals surface area contributed by atoms with Crippen molar-refractivity contribution in [1.82, 2.24) is 4.98 Å². The van der Waals surface area contributed by atoms with Crippen LogP contribution < -0.4 is 0 Å². The highest BCUT2D eigenvalue weighted by molar-refractivity contribution is 6.08. The topological polar surface area (TPSA) is 65.9 Å². The summed E-state index contributed by atoms with van der Waals surface area (Å²) in [4.78, 5) is 14.9. The van der Waals surface area contributed by atoms with Crippen LogP contribution in [0.5, 0.6) is 0 Å². The van der Waals surface area contributed by atoms with Crippen molar-refractivity contribution in [3.05, 3.63) is 35.5 Å². The number of halogens is 2. The molecule has 1 N–H and O–H groups in total. The van der Waals surface area contributed by atoms with Crippen LogP contribution in [-0.4, -0.2) is 30.4 Å². The number of ether oxygens (including phenoxy) is 1. The van der Waals surface area contributed by atoms with Gasteiger partial charge in [-0.2, -0.15) is 5.26 Å². The predicted molar refractivity (Wildman–Crippen MR) is 68.8 cm³/mol. The highest BCUT2D eigenvalue weighted by Crippen LogP contribution is 2.21. The zero-order valence-electron chi connectivity index (χ0n) is 10.5. The molecule has 0 unspecified atom stereocenters. The van der Waals surface area contributed by atoms with Crippen LogP contribution in [0, 0.1) is 11.3 Å². The van der Waals surface area contributed by atoms with Crippen molar-refractivity contribution in [2.45, 2.75) is 12.8 Å². The zero-order valence-corrected chi connectivity index (χ0v) is 10.5. The van der Waals surface area contributed by atoms with Gasteiger partial charge in [0.15, 0.2) is 5.78 Å². The van der Waals surface area contributed by atoms with Gasteiger partial charge in [-0.25, -0.2) is 8.78 Å². The van der Waals surface area contributed by atoms with Gasteiger partial charge in [-0.3, -0.25) is 4.79 Å². The number of carbonyl (C=O) groups excluding carboxylic acids is 1. The lowest BCUT2D eigenvalue weighted by Gasteiger charge is -2.02. The van der Waals surface area contributed by atoms with E-state index >= 15 is 0 Å². The van der Waals surface area contributed by atoms with Gasteiger partial charge < -0.3 is 9.72 Å². The van der Waals surface area contributed by atoms with Crippen molar-refractivity contribution in [3.8, 4) is 6.07 Å². The molecule has 104 valence electrons. The van der Waals surface area contributed by atoms with Crippen LogP contribution >= 0.6 is 0 Å². The molecule has 1 aromatic carbocycles. The van der Waals surface area contributed by atoms with E-state index in [9.17, 15) is 13.6 Å². The lowest BCUT2D eigenvalue weighted by Crippen LogP contribution is -2.09. The van der Waals surface area contributed by atoms with E-state index in [1.807, 2.05) is 6.07 Å². The van der Waals surface area contributed by atoms with Crippen LogP contribution in [0.1, 0.15) is 22.3 Å². The molecular formula is C14H12F2N2O2. The number of H-pyrrole nitrogens is 1. The number of benzene rings is 1. The highest BCUT2D eigenvalue weighted by atomic mass is 19.3. The molecule has 0 saturated heterocycles. The van der Waals surface area contributed by atoms with E-state index in [1.165, 1.54) is 0 Å². The Morgan fingerprint density at radius 3 is 2.95 bits per heavy atom. The first kappa shape index (κ1) is 14.2. The summed E-state index contributed by atoms with van der Waals surface area (Å²) in [5, 5.41) is 9.51. The number of alkyl halides is 2. The number of rotatable bonds is 6. The maximum atomic E-state index is 12.0. The summed E-state index contributed by atoms with van der Waals surface area (Å²) in [5.74, 6) is -0.208. The third kappa shape index (κ3) is 3.19. The molecular weight excluding hydrogens is 266 g/mol. The summed E-state index contributed by atoms with van der Waals surface area (Å²) >= 11 is 0. The van der Waals surface area contributed by atoms with E-state index < -0.39 is 13.0 Å². The van der Waals surface area contributed by atoms with Crippen LogP contribution in [0.15, 0.2) is 24.4 Å². The SMILES string of the molecule is N#Cc1ccc2[nH]cc(C(=O)CCOCC(F)F)c2c1. The average Bonchev–Trinajstić information content (AvgIpc) is 2.86. The molecule has 0 radical (unpaired) electrons. The van der Waals surface area contributed by atoms with Gasteiger partial charge >= 0.3 is 0 Å². The highest BCUT2D eigenvalue weighted by Gasteiger charge is 2.13. The Morgan fingerprint density at radius 1 is 1.45 bits per heavy atom. The predicted octanol–water partition coefficient (Wildman–Crippen LogP) is 2.89. The number of nitrogens with zero attached hydrogens (tertiary/aromatic N) is 1. The molecule has 0 bridgehead atoms. The van der Waals surface area contributed by atoms with Gasteiger partial charge in [0, 0.05) is 29.1 Å². The number of carbonyl (C=O) groups is 1. The number of nitrogens with one attached hydrogen (secondary N) is 1. The zero-order chi connectivity index (χ0) is 14.5. The molecule has 0 fully saturated rings. The van der Waals surface area contributed by atoms with E-state index in [1.54, 1.807) is 24.4 Å². The maximum Gasteiger partial charge on any atom is 0.261 e. The monoisotopic (exact) mass is 278 g/mol. The minimum Gasteiger partial charge on any atom is -0.375 e. The molecule has 0 aliphatic heterocycles. The Balaban J connectivity index is 2.08. The fourth-order valence-electron chi connectivity index (χ4n) is 1.89. The summed E-state index contributed by atoms with van der Waals surface area (Å²) in [6.07, 6.45) is -0.950. The summed E-state index contributed by atoms with van der Waals surface area (Å²) in [7, 11) is 0. The number of fused-ring (bicyclic) bond motifs is 1. The van der Waals surface area contributed by atoms with E-state index in [0.717, 1.165) is 5.52 Å². The molecule has 6 heteroatoms. The molecule has 0 aliphatic rings. The molecule has 1 heterocycles. The standard InChI is InChI=1S/C14H12F2N2O2/c15-14(16)8-20-4-3-13(19)11-7-18-12-2-1-9(6-17)5-10(11)12/h1-2,5,7,14,18H,3-4,8H2. The fourth-order valence-corrected chi connectivity index (χ4v) is 1.89. The van der Waals surface area contributed by atoms with Crippen molar-refractivity contribution >= 4 is 16.7 Å². The first-order valence-electron chi connectivity index (χ1n) is 6.02. The largest absolute Gasteiger partial charge is 0.375 e. The second kappa shape index (κ2) is 6.26. The van der Waals surface area contributed by atoms with Gasteiger partial charge in [0.25, 0.3) is 6.43 Å². The van der Waals surface area contributed by atoms with E-state index in [4.69, 9.17) is 5.26 Å². The van der Waals surface area contributed by atoms with Gasteiger partial charge in [-0.05, 0) is 18.2 Å². The second-order valence-electron chi connectivity index (χ2n) is 4.21. The minimum absolute atomic E-state index is 0.0243. The van der Waals surface area contributed by atoms with Crippen molar-refractivity contribution < 1.29 is 18.3 Å². The van der Waals surface area contributed by atoms with Crippen LogP contribution in [0.25, 0.3) is 10.9 Å². The van der Waals surface area contributed by atoms with Crippen LogP contribution in [0.4, 0.5) is 8.78 Å². The smallest absolute Gasteiger partial charge is 0.261 e. The Hall–Kier alpha value is -2.26. The first-order chi connectivity index (χ1) is 9.61. The number of nitriles is 1. The number of Topliss-reactive ketones (excluding diaryl/α,β-unsaturated/α-hetero) is 1. The summed E-state index contributed by atoms with van der Waals surface area (Å²) < 4.78 is 28.4. The van der Waals surface area contributed by atoms with E-state index in [0.29, 0.717) is 16.5 Å². The molecule has 2 aromatic rings. The summed E-state index contributed by atoms with van der Waals surface area (Å²) in [6.45, 7) is -0.715. The third-order valence-electron chi connectivity index (χ3n) is 2.83. The molecule has 20 heavy (non-hydrogen) atoms. The number of hydrogen-bond acceptors (Lipinski definition) is 3. The second-order valence-corrected chi connectivity index (χ2v) is 4.21. The van der Waals surface area contributed by atoms with Gasteiger partial charge in [0.2, 0.25) is 0 Å². The van der Waals surface area contributed by atoms with Gasteiger partial charge in [0.05, 0.1) is 18.2 Å². The normalized spacial score (nSPS) is 10.9. The van der Waals surface area contributed by atoms with Gasteiger partial charge in [-0.15, -0.1) is 0 Å². The number of aromatic amines is 1. The molecule has 0 atom stereocenters. The maximum absolute atomic E-state index is 12.0. The van der Waals surface area contributed by atoms with E-state index in [2.05, 4.69) is 9.72 Å². The molecule has 0 aliphatic carbocycles. The Labute approximate surface area is 114 Å². The fraction of sp³-hybridized carbons (Fsp3) is 0.286. The molecule has 2 rings (SSSR count). The Bertz CT molecular complexity index is 659. The van der Waals surface area contributed by atoms with Crippen molar-refractivity contribution in [1.29, 1.82) is 5.26 Å². The summed E-state index contributed by atoms with van der Waals surface area (Å²) in [5.41, 5.74) is 1.65. The van der Waals surface area contributed by atoms with Crippen LogP contribution in [-0.2, 0) is 4.74 Å². The Morgan fingerprint density at radius 2 is 2.25 bits per heavy atom. The lowest BCUT2D eigenvalue weighted by molar-refractivity contribution is 0.0170. The molecule has 0 spiro atoms. The van der Waals surface area contributed by atoms with Crippen molar-refractivity contribution in [2.75, 3.05) is 13.2 Å². The molecule has 1 aromatic heterocycles. The number of ketones is 1. The summed E-state index contributed by atoms with van der Waals surface area (Å²) in [6, 6.07) is 7.00. The molecule has 0 saturated carbocycles. The van der Waals surface area contributed by atoms with Crippen LogP contribution in [0.3, 0.4) is 0 Å². The third-order valence-corrected chi connectivity index (χ3v) is 2.83. The van der Waals surface area contributed by atoms with Crippen molar-refractivity contribution in [3.63, 3.8) is 0 Å².